The second-order valence-electron chi connectivity index (χ2n) is 6.78. The number of nitrogens with one attached hydrogen (secondary N) is 1. The van der Waals surface area contributed by atoms with Crippen LogP contribution in [0.1, 0.15) is 42.1 Å². The van der Waals surface area contributed by atoms with Gasteiger partial charge in [0.1, 0.15) is 10.6 Å². The maximum absolute atomic E-state index is 13.1. The van der Waals surface area contributed by atoms with E-state index >= 15 is 0 Å². The van der Waals surface area contributed by atoms with Crippen LogP contribution in [-0.2, 0) is 10.0 Å². The third-order valence-corrected chi connectivity index (χ3v) is 7.12. The summed E-state index contributed by atoms with van der Waals surface area (Å²) < 4.78 is 30.6. The molecule has 4 rings (SSSR count). The number of aromatic nitrogens is 2. The fourth-order valence-corrected chi connectivity index (χ4v) is 5.42. The molecule has 9 heteroatoms. The van der Waals surface area contributed by atoms with Gasteiger partial charge in [0.15, 0.2) is 0 Å². The summed E-state index contributed by atoms with van der Waals surface area (Å²) >= 11 is 1.45. The second-order valence-corrected chi connectivity index (χ2v) is 9.38. The average Bonchev–Trinajstić information content (AvgIpc) is 3.40. The maximum Gasteiger partial charge on any atom is 0.265 e. The fourth-order valence-electron chi connectivity index (χ4n) is 3.42. The van der Waals surface area contributed by atoms with Gasteiger partial charge in [0.25, 0.3) is 10.0 Å². The van der Waals surface area contributed by atoms with Crippen LogP contribution in [0.2, 0.25) is 0 Å². The quantitative estimate of drug-likeness (QED) is 0.640. The molecule has 1 aromatic carbocycles. The van der Waals surface area contributed by atoms with E-state index in [1.807, 2.05) is 17.5 Å². The van der Waals surface area contributed by atoms with Gasteiger partial charge in [-0.05, 0) is 48.6 Å². The first-order valence-electron chi connectivity index (χ1n) is 9.00. The first-order chi connectivity index (χ1) is 13.4. The van der Waals surface area contributed by atoms with Crippen LogP contribution >= 0.6 is 11.3 Å². The highest BCUT2D eigenvalue weighted by atomic mass is 32.2. The highest BCUT2D eigenvalue weighted by Crippen LogP contribution is 2.35. The van der Waals surface area contributed by atoms with Crippen molar-refractivity contribution in [1.82, 2.24) is 9.78 Å². The second kappa shape index (κ2) is 7.40. The summed E-state index contributed by atoms with van der Waals surface area (Å²) in [6.45, 7) is 0. The number of hydrogen-bond donors (Lipinski definition) is 2. The normalized spacial score (nSPS) is 15.0. The number of amides is 1. The van der Waals surface area contributed by atoms with Gasteiger partial charge in [0.05, 0.1) is 10.9 Å². The Morgan fingerprint density at radius 2 is 1.89 bits per heavy atom. The van der Waals surface area contributed by atoms with Gasteiger partial charge in [0, 0.05) is 17.4 Å². The van der Waals surface area contributed by atoms with E-state index in [4.69, 9.17) is 5.73 Å². The Hall–Kier alpha value is -2.65. The number of hydrogen-bond acceptors (Lipinski definition) is 5. The van der Waals surface area contributed by atoms with Gasteiger partial charge in [-0.2, -0.15) is 5.10 Å². The largest absolute Gasteiger partial charge is 0.366 e. The predicted molar refractivity (Wildman–Crippen MR) is 109 cm³/mol. The van der Waals surface area contributed by atoms with Crippen LogP contribution < -0.4 is 10.5 Å². The molecular weight excluding hydrogens is 396 g/mol. The van der Waals surface area contributed by atoms with Crippen molar-refractivity contribution in [1.29, 1.82) is 0 Å². The van der Waals surface area contributed by atoms with Crippen LogP contribution in [-0.4, -0.2) is 24.1 Å². The lowest BCUT2D eigenvalue weighted by Gasteiger charge is -2.09. The van der Waals surface area contributed by atoms with Gasteiger partial charge in [-0.1, -0.05) is 18.9 Å². The monoisotopic (exact) mass is 416 g/mol. The molecule has 2 heterocycles. The highest BCUT2D eigenvalue weighted by molar-refractivity contribution is 7.92. The summed E-state index contributed by atoms with van der Waals surface area (Å²) in [5.41, 5.74) is 6.37. The van der Waals surface area contributed by atoms with E-state index in [9.17, 15) is 13.2 Å². The third-order valence-electron chi connectivity index (χ3n) is 4.86. The molecule has 2 aromatic heterocycles. The van der Waals surface area contributed by atoms with Crippen molar-refractivity contribution < 1.29 is 13.2 Å². The topological polar surface area (TPSA) is 107 Å². The Kier molecular flexibility index (Phi) is 4.94. The zero-order valence-corrected chi connectivity index (χ0v) is 16.7. The summed E-state index contributed by atoms with van der Waals surface area (Å²) in [4.78, 5) is 12.2. The molecule has 0 atom stereocenters. The minimum absolute atomic E-state index is 0.154. The number of thiophene rings is 1. The van der Waals surface area contributed by atoms with Crippen LogP contribution in [0, 0.1) is 0 Å². The summed E-state index contributed by atoms with van der Waals surface area (Å²) in [6, 6.07) is 9.99. The van der Waals surface area contributed by atoms with Crippen molar-refractivity contribution in [3.05, 3.63) is 53.5 Å². The predicted octanol–water partition coefficient (Wildman–Crippen LogP) is 3.63. The molecule has 0 bridgehead atoms. The minimum Gasteiger partial charge on any atom is -0.366 e. The van der Waals surface area contributed by atoms with Crippen LogP contribution in [0.15, 0.2) is 52.9 Å². The molecule has 3 aromatic rings. The third kappa shape index (κ3) is 3.67. The Morgan fingerprint density at radius 1 is 1.18 bits per heavy atom. The number of primary amides is 1. The molecule has 1 fully saturated rings. The highest BCUT2D eigenvalue weighted by Gasteiger charge is 2.27. The van der Waals surface area contributed by atoms with Gasteiger partial charge in [-0.3, -0.25) is 14.2 Å². The molecule has 7 nitrogen and oxygen atoms in total. The van der Waals surface area contributed by atoms with Gasteiger partial charge in [-0.15, -0.1) is 11.3 Å². The Balaban J connectivity index is 1.70. The van der Waals surface area contributed by atoms with Gasteiger partial charge < -0.3 is 5.73 Å². The van der Waals surface area contributed by atoms with Crippen LogP contribution in [0.3, 0.4) is 0 Å². The summed E-state index contributed by atoms with van der Waals surface area (Å²) in [6.07, 6.45) is 5.90. The molecule has 0 spiro atoms. The number of sulfonamides is 1. The maximum atomic E-state index is 13.1. The van der Waals surface area contributed by atoms with Crippen molar-refractivity contribution >= 4 is 33.0 Å². The number of nitrogens with zero attached hydrogens (tertiary/aromatic N) is 2. The van der Waals surface area contributed by atoms with E-state index in [0.717, 1.165) is 30.6 Å². The van der Waals surface area contributed by atoms with Crippen molar-refractivity contribution in [2.24, 2.45) is 5.73 Å². The van der Waals surface area contributed by atoms with Crippen LogP contribution in [0.5, 0.6) is 0 Å². The van der Waals surface area contributed by atoms with E-state index in [-0.39, 0.29) is 10.9 Å². The molecule has 0 saturated heterocycles. The van der Waals surface area contributed by atoms with E-state index in [1.165, 1.54) is 35.6 Å². The van der Waals surface area contributed by atoms with Gasteiger partial charge >= 0.3 is 0 Å². The molecule has 1 saturated carbocycles. The van der Waals surface area contributed by atoms with E-state index in [1.54, 1.807) is 10.9 Å². The lowest BCUT2D eigenvalue weighted by Crippen LogP contribution is -2.14. The summed E-state index contributed by atoms with van der Waals surface area (Å²) in [5, 5.41) is 6.53. The fraction of sp³-hybridized carbons (Fsp3) is 0.263. The van der Waals surface area contributed by atoms with Crippen molar-refractivity contribution in [2.75, 3.05) is 4.72 Å². The summed E-state index contributed by atoms with van der Waals surface area (Å²) in [5.74, 6) is -0.563. The standard InChI is InChI=1S/C19H20N4O3S2/c20-19(24)13-7-9-14(10-8-13)22-28(25,26)17-12-23(15-4-1-2-5-15)21-18(17)16-6-3-11-27-16/h3,6-12,15,22H,1-2,4-5H2,(H2,20,24). The molecule has 1 amide bonds. The molecule has 1 aliphatic rings. The van der Waals surface area contributed by atoms with Gasteiger partial charge in [0.2, 0.25) is 5.91 Å². The minimum atomic E-state index is -3.85. The molecule has 0 unspecified atom stereocenters. The molecule has 1 aliphatic carbocycles. The van der Waals surface area contributed by atoms with E-state index < -0.39 is 15.9 Å². The molecule has 146 valence electrons. The zero-order valence-electron chi connectivity index (χ0n) is 15.0. The number of carbonyl (C=O) groups excluding carboxylic acids is 1. The van der Waals surface area contributed by atoms with Crippen LogP contribution in [0.25, 0.3) is 10.6 Å². The SMILES string of the molecule is NC(=O)c1ccc(NS(=O)(=O)c2cn(C3CCCC3)nc2-c2cccs2)cc1. The lowest BCUT2D eigenvalue weighted by molar-refractivity contribution is 0.100. The number of benzene rings is 1. The Bertz CT molecular complexity index is 1080. The number of anilines is 1. The van der Waals surface area contributed by atoms with Crippen molar-refractivity contribution in [2.45, 2.75) is 36.6 Å². The first-order valence-corrected chi connectivity index (χ1v) is 11.4. The number of nitrogens with two attached hydrogens (primary N) is 1. The molecule has 0 radical (unpaired) electrons. The lowest BCUT2D eigenvalue weighted by atomic mass is 10.2. The van der Waals surface area contributed by atoms with E-state index in [0.29, 0.717) is 16.9 Å². The van der Waals surface area contributed by atoms with Crippen molar-refractivity contribution in [3.63, 3.8) is 0 Å². The molecular formula is C19H20N4O3S2. The zero-order chi connectivity index (χ0) is 19.7. The molecule has 28 heavy (non-hydrogen) atoms. The molecule has 3 N–H and O–H groups in total. The number of carbonyl (C=O) groups is 1. The Morgan fingerprint density at radius 3 is 2.50 bits per heavy atom. The van der Waals surface area contributed by atoms with Gasteiger partial charge in [-0.25, -0.2) is 8.42 Å². The summed E-state index contributed by atoms with van der Waals surface area (Å²) in [7, 11) is -3.85. The van der Waals surface area contributed by atoms with E-state index in [2.05, 4.69) is 9.82 Å². The smallest absolute Gasteiger partial charge is 0.265 e. The Labute approximate surface area is 167 Å². The first kappa shape index (κ1) is 18.7. The average molecular weight is 417 g/mol. The number of rotatable bonds is 6. The molecule has 0 aliphatic heterocycles. The van der Waals surface area contributed by atoms with Crippen LogP contribution in [0.4, 0.5) is 5.69 Å². The van der Waals surface area contributed by atoms with Crippen molar-refractivity contribution in [3.8, 4) is 10.6 Å².